The zero-order chi connectivity index (χ0) is 14.5. The Kier molecular flexibility index (Phi) is 4.74. The van der Waals surface area contributed by atoms with Gasteiger partial charge in [-0.2, -0.15) is 0 Å². The Morgan fingerprint density at radius 1 is 1.25 bits per heavy atom. The van der Waals surface area contributed by atoms with Gasteiger partial charge < -0.3 is 10.1 Å². The lowest BCUT2D eigenvalue weighted by atomic mass is 10.1. The lowest BCUT2D eigenvalue weighted by molar-refractivity contribution is 0.471. The molecule has 106 valence electrons. The van der Waals surface area contributed by atoms with Crippen LogP contribution in [0.4, 0.5) is 0 Å². The van der Waals surface area contributed by atoms with Gasteiger partial charge in [-0.25, -0.2) is 0 Å². The summed E-state index contributed by atoms with van der Waals surface area (Å²) in [6.07, 6.45) is 0.865. The lowest BCUT2D eigenvalue weighted by Crippen LogP contribution is -2.12. The van der Waals surface area contributed by atoms with Crippen molar-refractivity contribution in [2.45, 2.75) is 33.2 Å². The summed E-state index contributed by atoms with van der Waals surface area (Å²) in [5.41, 5.74) is 3.23. The molecular weight excluding hydrogens is 248 g/mol. The average molecular weight is 270 g/mol. The van der Waals surface area contributed by atoms with Crippen molar-refractivity contribution in [2.24, 2.45) is 0 Å². The number of aryl methyl sites for hydroxylation is 2. The van der Waals surface area contributed by atoms with Crippen LogP contribution in [0.5, 0.6) is 11.5 Å². The normalized spacial score (nSPS) is 12.2. The number of rotatable bonds is 5. The largest absolute Gasteiger partial charge is 0.455 e. The van der Waals surface area contributed by atoms with Crippen molar-refractivity contribution in [3.05, 3.63) is 53.3 Å². The van der Waals surface area contributed by atoms with E-state index in [2.05, 4.69) is 36.3 Å². The van der Waals surface area contributed by atoms with Gasteiger partial charge in [0.25, 0.3) is 0 Å². The molecule has 0 aliphatic carbocycles. The fraction of sp³-hybridized carbons (Fsp3) is 0.353. The fourth-order valence-electron chi connectivity index (χ4n) is 2.08. The number of aromatic nitrogens is 1. The van der Waals surface area contributed by atoms with Crippen LogP contribution in [0.1, 0.15) is 36.8 Å². The minimum Gasteiger partial charge on any atom is -0.455 e. The van der Waals surface area contributed by atoms with E-state index in [4.69, 9.17) is 4.74 Å². The van der Waals surface area contributed by atoms with E-state index >= 15 is 0 Å². The Bertz CT molecular complexity index is 581. The molecule has 0 aliphatic heterocycles. The SMILES string of the molecule is CCc1nc(C)ccc1Oc1cccc(C(C)NC)c1. The highest BCUT2D eigenvalue weighted by Gasteiger charge is 2.08. The van der Waals surface area contributed by atoms with Crippen LogP contribution in [-0.2, 0) is 6.42 Å². The minimum absolute atomic E-state index is 0.306. The van der Waals surface area contributed by atoms with Gasteiger partial charge >= 0.3 is 0 Å². The zero-order valence-electron chi connectivity index (χ0n) is 12.6. The summed E-state index contributed by atoms with van der Waals surface area (Å²) < 4.78 is 6.00. The summed E-state index contributed by atoms with van der Waals surface area (Å²) in [5.74, 6) is 1.69. The molecule has 1 aromatic carbocycles. The topological polar surface area (TPSA) is 34.1 Å². The van der Waals surface area contributed by atoms with Crippen molar-refractivity contribution in [3.8, 4) is 11.5 Å². The zero-order valence-corrected chi connectivity index (χ0v) is 12.6. The van der Waals surface area contributed by atoms with Gasteiger partial charge in [0.15, 0.2) is 0 Å². The van der Waals surface area contributed by atoms with E-state index < -0.39 is 0 Å². The third-order valence-corrected chi connectivity index (χ3v) is 3.43. The van der Waals surface area contributed by atoms with Crippen LogP contribution in [0, 0.1) is 6.92 Å². The van der Waals surface area contributed by atoms with Gasteiger partial charge in [0.05, 0.1) is 5.69 Å². The summed E-state index contributed by atoms with van der Waals surface area (Å²) in [7, 11) is 1.96. The van der Waals surface area contributed by atoms with Gasteiger partial charge in [-0.15, -0.1) is 0 Å². The predicted octanol–water partition coefficient (Wildman–Crippen LogP) is 4.03. The Hall–Kier alpha value is -1.87. The Morgan fingerprint density at radius 2 is 2.05 bits per heavy atom. The average Bonchev–Trinajstić information content (AvgIpc) is 2.48. The van der Waals surface area contributed by atoms with Crippen LogP contribution in [0.2, 0.25) is 0 Å². The number of nitrogens with one attached hydrogen (secondary N) is 1. The molecule has 3 heteroatoms. The third kappa shape index (κ3) is 3.36. The minimum atomic E-state index is 0.306. The predicted molar refractivity (Wildman–Crippen MR) is 82.3 cm³/mol. The molecule has 0 spiro atoms. The monoisotopic (exact) mass is 270 g/mol. The van der Waals surface area contributed by atoms with Crippen molar-refractivity contribution in [2.75, 3.05) is 7.05 Å². The first kappa shape index (κ1) is 14.5. The van der Waals surface area contributed by atoms with E-state index in [0.29, 0.717) is 6.04 Å². The second-order valence-corrected chi connectivity index (χ2v) is 4.94. The molecule has 0 fully saturated rings. The quantitative estimate of drug-likeness (QED) is 0.891. The molecule has 1 aromatic heterocycles. The van der Waals surface area contributed by atoms with Crippen molar-refractivity contribution in [1.82, 2.24) is 10.3 Å². The molecule has 0 radical (unpaired) electrons. The molecule has 2 rings (SSSR count). The highest BCUT2D eigenvalue weighted by atomic mass is 16.5. The first-order valence-corrected chi connectivity index (χ1v) is 7.05. The number of nitrogens with zero attached hydrogens (tertiary/aromatic N) is 1. The summed E-state index contributed by atoms with van der Waals surface area (Å²) in [4.78, 5) is 4.52. The van der Waals surface area contributed by atoms with Gasteiger partial charge in [-0.05, 0) is 57.1 Å². The van der Waals surface area contributed by atoms with Crippen LogP contribution in [0.25, 0.3) is 0 Å². The molecule has 2 aromatic rings. The second kappa shape index (κ2) is 6.53. The van der Waals surface area contributed by atoms with Gasteiger partial charge in [0.2, 0.25) is 0 Å². The van der Waals surface area contributed by atoms with Crippen LogP contribution in [0.15, 0.2) is 36.4 Å². The number of hydrogen-bond acceptors (Lipinski definition) is 3. The highest BCUT2D eigenvalue weighted by molar-refractivity contribution is 5.37. The summed E-state index contributed by atoms with van der Waals surface area (Å²) in [6.45, 7) is 6.22. The second-order valence-electron chi connectivity index (χ2n) is 4.94. The molecule has 0 saturated carbocycles. The van der Waals surface area contributed by atoms with Crippen molar-refractivity contribution < 1.29 is 4.74 Å². The molecule has 1 heterocycles. The molecule has 20 heavy (non-hydrogen) atoms. The van der Waals surface area contributed by atoms with Gasteiger partial charge in [-0.3, -0.25) is 4.98 Å². The van der Waals surface area contributed by atoms with E-state index in [9.17, 15) is 0 Å². The van der Waals surface area contributed by atoms with Crippen LogP contribution in [-0.4, -0.2) is 12.0 Å². The smallest absolute Gasteiger partial charge is 0.148 e. The molecular formula is C17H22N2O. The fourth-order valence-corrected chi connectivity index (χ4v) is 2.08. The van der Waals surface area contributed by atoms with E-state index in [1.807, 2.05) is 38.2 Å². The first-order valence-electron chi connectivity index (χ1n) is 7.05. The third-order valence-electron chi connectivity index (χ3n) is 3.43. The van der Waals surface area contributed by atoms with Gasteiger partial charge in [0, 0.05) is 11.7 Å². The van der Waals surface area contributed by atoms with Crippen LogP contribution < -0.4 is 10.1 Å². The standard InChI is InChI=1S/C17H22N2O/c1-5-16-17(10-9-12(2)19-16)20-15-8-6-7-14(11-15)13(3)18-4/h6-11,13,18H,5H2,1-4H3. The van der Waals surface area contributed by atoms with Crippen molar-refractivity contribution >= 4 is 0 Å². The maximum absolute atomic E-state index is 6.00. The Balaban J connectivity index is 2.26. The molecule has 3 nitrogen and oxygen atoms in total. The van der Waals surface area contributed by atoms with E-state index in [1.165, 1.54) is 5.56 Å². The number of ether oxygens (including phenoxy) is 1. The molecule has 1 unspecified atom stereocenters. The maximum Gasteiger partial charge on any atom is 0.148 e. The summed E-state index contributed by atoms with van der Waals surface area (Å²) in [5, 5.41) is 3.23. The highest BCUT2D eigenvalue weighted by Crippen LogP contribution is 2.27. The molecule has 0 saturated heterocycles. The molecule has 0 bridgehead atoms. The van der Waals surface area contributed by atoms with Crippen LogP contribution >= 0.6 is 0 Å². The van der Waals surface area contributed by atoms with Crippen molar-refractivity contribution in [1.29, 1.82) is 0 Å². The summed E-state index contributed by atoms with van der Waals surface area (Å²) >= 11 is 0. The Morgan fingerprint density at radius 3 is 2.75 bits per heavy atom. The van der Waals surface area contributed by atoms with Gasteiger partial charge in [-0.1, -0.05) is 19.1 Å². The Labute approximate surface area is 121 Å². The molecule has 1 N–H and O–H groups in total. The summed E-state index contributed by atoms with van der Waals surface area (Å²) in [6, 6.07) is 12.4. The molecule has 1 atom stereocenters. The molecule has 0 aliphatic rings. The maximum atomic E-state index is 6.00. The number of hydrogen-bond donors (Lipinski definition) is 1. The van der Waals surface area contributed by atoms with Gasteiger partial charge in [0.1, 0.15) is 11.5 Å². The van der Waals surface area contributed by atoms with Crippen molar-refractivity contribution in [3.63, 3.8) is 0 Å². The number of pyridine rings is 1. The van der Waals surface area contributed by atoms with E-state index in [0.717, 1.165) is 29.3 Å². The lowest BCUT2D eigenvalue weighted by Gasteiger charge is -2.14. The van der Waals surface area contributed by atoms with E-state index in [-0.39, 0.29) is 0 Å². The van der Waals surface area contributed by atoms with Crippen LogP contribution in [0.3, 0.4) is 0 Å². The molecule has 0 amide bonds. The number of benzene rings is 1. The first-order chi connectivity index (χ1) is 9.63. The van der Waals surface area contributed by atoms with E-state index in [1.54, 1.807) is 0 Å².